The molecule has 8 heteroatoms. The number of benzene rings is 2. The standard InChI is InChI=1S/C16H20N2.2CH2O3/c1-3-7-15(8-4-1)13-17-11-12-18-14-16-9-5-2-6-10-16;2*2-1(3)4/h1-10,17-18H,11-14H2;2*(H2,2,3,4). The Morgan fingerprint density at radius 3 is 1.15 bits per heavy atom. The van der Waals surface area contributed by atoms with Crippen LogP contribution in [0.2, 0.25) is 0 Å². The summed E-state index contributed by atoms with van der Waals surface area (Å²) in [6.07, 6.45) is -3.67. The Morgan fingerprint density at radius 1 is 0.615 bits per heavy atom. The Balaban J connectivity index is 0.000000662. The lowest BCUT2D eigenvalue weighted by Gasteiger charge is -2.06. The average molecular weight is 364 g/mol. The van der Waals surface area contributed by atoms with E-state index in [2.05, 4.69) is 59.2 Å². The van der Waals surface area contributed by atoms with Crippen LogP contribution in [0.25, 0.3) is 0 Å². The van der Waals surface area contributed by atoms with E-state index in [9.17, 15) is 0 Å². The van der Waals surface area contributed by atoms with Gasteiger partial charge in [-0.3, -0.25) is 0 Å². The number of hydrogen-bond acceptors (Lipinski definition) is 4. The molecule has 0 heterocycles. The van der Waals surface area contributed by atoms with E-state index >= 15 is 0 Å². The van der Waals surface area contributed by atoms with Crippen molar-refractivity contribution < 1.29 is 30.0 Å². The molecule has 2 rings (SSSR count). The fraction of sp³-hybridized carbons (Fsp3) is 0.222. The Labute approximate surface area is 151 Å². The average Bonchev–Trinajstić information content (AvgIpc) is 2.59. The van der Waals surface area contributed by atoms with Gasteiger partial charge < -0.3 is 31.1 Å². The number of carboxylic acid groups (broad SMARTS) is 4. The van der Waals surface area contributed by atoms with E-state index < -0.39 is 12.3 Å². The van der Waals surface area contributed by atoms with Crippen molar-refractivity contribution >= 4 is 12.3 Å². The molecule has 0 aliphatic carbocycles. The number of carbonyl (C=O) groups is 2. The van der Waals surface area contributed by atoms with Gasteiger partial charge in [0.15, 0.2) is 0 Å². The van der Waals surface area contributed by atoms with Crippen LogP contribution in [0, 0.1) is 0 Å². The lowest BCUT2D eigenvalue weighted by atomic mass is 10.2. The molecule has 0 radical (unpaired) electrons. The maximum absolute atomic E-state index is 8.56. The van der Waals surface area contributed by atoms with E-state index in [0.29, 0.717) is 0 Å². The van der Waals surface area contributed by atoms with Crippen LogP contribution in [0.5, 0.6) is 0 Å². The molecule has 0 amide bonds. The zero-order valence-electron chi connectivity index (χ0n) is 14.2. The molecule has 0 aliphatic rings. The third-order valence-corrected chi connectivity index (χ3v) is 2.82. The fourth-order valence-electron chi connectivity index (χ4n) is 1.83. The summed E-state index contributed by atoms with van der Waals surface area (Å²) in [5.41, 5.74) is 2.67. The smallest absolute Gasteiger partial charge is 0.450 e. The van der Waals surface area contributed by atoms with Crippen molar-refractivity contribution in [2.75, 3.05) is 13.1 Å². The van der Waals surface area contributed by atoms with Gasteiger partial charge in [-0.2, -0.15) is 0 Å². The van der Waals surface area contributed by atoms with Gasteiger partial charge in [0.25, 0.3) is 0 Å². The zero-order chi connectivity index (χ0) is 19.6. The van der Waals surface area contributed by atoms with E-state index in [1.54, 1.807) is 0 Å². The molecular weight excluding hydrogens is 340 g/mol. The molecule has 142 valence electrons. The molecule has 8 nitrogen and oxygen atoms in total. The molecule has 0 unspecified atom stereocenters. The van der Waals surface area contributed by atoms with E-state index in [0.717, 1.165) is 26.2 Å². The van der Waals surface area contributed by atoms with Gasteiger partial charge in [-0.25, -0.2) is 9.59 Å². The first kappa shape index (κ1) is 22.9. The second kappa shape index (κ2) is 15.4. The normalized spacial score (nSPS) is 9.08. The Bertz CT molecular complexity index is 544. The van der Waals surface area contributed by atoms with Crippen LogP contribution >= 0.6 is 0 Å². The third-order valence-electron chi connectivity index (χ3n) is 2.82. The van der Waals surface area contributed by atoms with Crippen LogP contribution in [0.1, 0.15) is 11.1 Å². The summed E-state index contributed by atoms with van der Waals surface area (Å²) >= 11 is 0. The summed E-state index contributed by atoms with van der Waals surface area (Å²) in [7, 11) is 0. The number of hydrogen-bond donors (Lipinski definition) is 6. The van der Waals surface area contributed by atoms with Gasteiger partial charge in [-0.1, -0.05) is 60.7 Å². The van der Waals surface area contributed by atoms with Crippen molar-refractivity contribution in [2.24, 2.45) is 0 Å². The zero-order valence-corrected chi connectivity index (χ0v) is 14.2. The minimum atomic E-state index is -1.83. The topological polar surface area (TPSA) is 139 Å². The van der Waals surface area contributed by atoms with Gasteiger partial charge in [0, 0.05) is 26.2 Å². The molecule has 2 aromatic carbocycles. The van der Waals surface area contributed by atoms with Crippen molar-refractivity contribution in [1.82, 2.24) is 10.6 Å². The lowest BCUT2D eigenvalue weighted by molar-refractivity contribution is 0.135. The summed E-state index contributed by atoms with van der Waals surface area (Å²) in [5.74, 6) is 0. The monoisotopic (exact) mass is 364 g/mol. The summed E-state index contributed by atoms with van der Waals surface area (Å²) in [6.45, 7) is 3.85. The second-order valence-electron chi connectivity index (χ2n) is 4.89. The Morgan fingerprint density at radius 2 is 0.885 bits per heavy atom. The predicted molar refractivity (Wildman–Crippen MR) is 97.6 cm³/mol. The molecule has 0 saturated carbocycles. The molecule has 0 saturated heterocycles. The highest BCUT2D eigenvalue weighted by molar-refractivity contribution is 5.53. The summed E-state index contributed by atoms with van der Waals surface area (Å²) in [6, 6.07) is 21.0. The first-order valence-corrected chi connectivity index (χ1v) is 7.75. The first-order chi connectivity index (χ1) is 12.4. The predicted octanol–water partition coefficient (Wildman–Crippen LogP) is 3.01. The molecule has 0 fully saturated rings. The van der Waals surface area contributed by atoms with Crippen LogP contribution < -0.4 is 10.6 Å². The van der Waals surface area contributed by atoms with Gasteiger partial charge in [0.2, 0.25) is 0 Å². The van der Waals surface area contributed by atoms with Gasteiger partial charge in [0.1, 0.15) is 0 Å². The second-order valence-corrected chi connectivity index (χ2v) is 4.89. The highest BCUT2D eigenvalue weighted by Crippen LogP contribution is 1.97. The maximum atomic E-state index is 8.56. The summed E-state index contributed by atoms with van der Waals surface area (Å²) < 4.78 is 0. The quantitative estimate of drug-likeness (QED) is 0.412. The van der Waals surface area contributed by atoms with E-state index in [1.165, 1.54) is 11.1 Å². The van der Waals surface area contributed by atoms with Crippen molar-refractivity contribution in [3.8, 4) is 0 Å². The SMILES string of the molecule is O=C(O)O.O=C(O)O.c1ccc(CNCCNCc2ccccc2)cc1. The molecular formula is C18H24N2O6. The fourth-order valence-corrected chi connectivity index (χ4v) is 1.83. The third kappa shape index (κ3) is 17.3. The Kier molecular flexibility index (Phi) is 13.6. The molecule has 26 heavy (non-hydrogen) atoms. The van der Waals surface area contributed by atoms with Gasteiger partial charge in [-0.15, -0.1) is 0 Å². The highest BCUT2D eigenvalue weighted by Gasteiger charge is 1.92. The largest absolute Gasteiger partial charge is 0.503 e. The molecule has 6 N–H and O–H groups in total. The lowest BCUT2D eigenvalue weighted by Crippen LogP contribution is -2.26. The first-order valence-electron chi connectivity index (χ1n) is 7.75. The number of nitrogens with one attached hydrogen (secondary N) is 2. The maximum Gasteiger partial charge on any atom is 0.503 e. The summed E-state index contributed by atoms with van der Waals surface area (Å²) in [5, 5.41) is 34.7. The number of rotatable bonds is 7. The minimum Gasteiger partial charge on any atom is -0.450 e. The van der Waals surface area contributed by atoms with Crippen LogP contribution in [0.15, 0.2) is 60.7 Å². The van der Waals surface area contributed by atoms with Crippen LogP contribution in [-0.2, 0) is 13.1 Å². The van der Waals surface area contributed by atoms with E-state index in [1.807, 2.05) is 12.1 Å². The van der Waals surface area contributed by atoms with Crippen molar-refractivity contribution in [3.05, 3.63) is 71.8 Å². The van der Waals surface area contributed by atoms with Gasteiger partial charge in [-0.05, 0) is 11.1 Å². The van der Waals surface area contributed by atoms with Crippen molar-refractivity contribution in [1.29, 1.82) is 0 Å². The van der Waals surface area contributed by atoms with Gasteiger partial charge in [0.05, 0.1) is 0 Å². The molecule has 0 bridgehead atoms. The van der Waals surface area contributed by atoms with Crippen LogP contribution in [0.4, 0.5) is 9.59 Å². The minimum absolute atomic E-state index is 0.938. The van der Waals surface area contributed by atoms with Crippen LogP contribution in [-0.4, -0.2) is 45.8 Å². The highest BCUT2D eigenvalue weighted by atomic mass is 16.6. The molecule has 0 spiro atoms. The molecule has 0 aromatic heterocycles. The van der Waals surface area contributed by atoms with Crippen molar-refractivity contribution in [3.63, 3.8) is 0 Å². The van der Waals surface area contributed by atoms with Gasteiger partial charge >= 0.3 is 12.3 Å². The van der Waals surface area contributed by atoms with Crippen molar-refractivity contribution in [2.45, 2.75) is 13.1 Å². The Hall–Kier alpha value is -3.10. The molecule has 0 atom stereocenters. The van der Waals surface area contributed by atoms with E-state index in [-0.39, 0.29) is 0 Å². The van der Waals surface area contributed by atoms with E-state index in [4.69, 9.17) is 30.0 Å². The molecule has 2 aromatic rings. The van der Waals surface area contributed by atoms with Crippen LogP contribution in [0.3, 0.4) is 0 Å². The summed E-state index contributed by atoms with van der Waals surface area (Å²) in [4.78, 5) is 17.1. The molecule has 0 aliphatic heterocycles.